The van der Waals surface area contributed by atoms with E-state index in [-0.39, 0.29) is 6.04 Å². The lowest BCUT2D eigenvalue weighted by atomic mass is 10.2. The summed E-state index contributed by atoms with van der Waals surface area (Å²) in [5, 5.41) is 7.09. The van der Waals surface area contributed by atoms with Gasteiger partial charge in [0.25, 0.3) is 0 Å². The van der Waals surface area contributed by atoms with Crippen molar-refractivity contribution in [3.05, 3.63) is 29.7 Å². The Hall–Kier alpha value is -1.98. The standard InChI is InChI=1S/C11H15N5O/c1-4-9(10-14-8(3)17-16-10)15-11-12-6-5-7(2)13-11/h5-6,9H,4H2,1-3H3,(H,12,13,15). The van der Waals surface area contributed by atoms with Gasteiger partial charge < -0.3 is 9.84 Å². The van der Waals surface area contributed by atoms with E-state index in [4.69, 9.17) is 4.52 Å². The first-order chi connectivity index (χ1) is 8.19. The highest BCUT2D eigenvalue weighted by molar-refractivity contribution is 5.27. The van der Waals surface area contributed by atoms with Crippen LogP contribution < -0.4 is 5.32 Å². The molecule has 0 amide bonds. The minimum atomic E-state index is -0.0331. The smallest absolute Gasteiger partial charge is 0.223 e. The third-order valence-electron chi connectivity index (χ3n) is 2.36. The predicted octanol–water partition coefficient (Wildman–Crippen LogP) is 2.04. The van der Waals surface area contributed by atoms with Crippen LogP contribution in [0.2, 0.25) is 0 Å². The second kappa shape index (κ2) is 4.90. The SMILES string of the molecule is CCC(Nc1nccc(C)n1)c1noc(C)n1. The summed E-state index contributed by atoms with van der Waals surface area (Å²) in [5.41, 5.74) is 0.918. The third-order valence-corrected chi connectivity index (χ3v) is 2.36. The number of aryl methyl sites for hydroxylation is 2. The highest BCUT2D eigenvalue weighted by atomic mass is 16.5. The van der Waals surface area contributed by atoms with Crippen LogP contribution in [-0.2, 0) is 0 Å². The Balaban J connectivity index is 2.15. The largest absolute Gasteiger partial charge is 0.344 e. The van der Waals surface area contributed by atoms with Crippen LogP contribution in [0.1, 0.15) is 36.8 Å². The summed E-state index contributed by atoms with van der Waals surface area (Å²) < 4.78 is 4.97. The Morgan fingerprint density at radius 1 is 1.35 bits per heavy atom. The molecule has 2 aromatic rings. The molecule has 2 aromatic heterocycles. The minimum Gasteiger partial charge on any atom is -0.344 e. The molecule has 0 aliphatic heterocycles. The van der Waals surface area contributed by atoms with E-state index in [9.17, 15) is 0 Å². The first kappa shape index (κ1) is 11.5. The molecular weight excluding hydrogens is 218 g/mol. The van der Waals surface area contributed by atoms with Crippen molar-refractivity contribution in [3.63, 3.8) is 0 Å². The first-order valence-electron chi connectivity index (χ1n) is 5.55. The molecule has 1 unspecified atom stereocenters. The summed E-state index contributed by atoms with van der Waals surface area (Å²) in [4.78, 5) is 12.6. The van der Waals surface area contributed by atoms with Gasteiger partial charge in [0.15, 0.2) is 5.82 Å². The van der Waals surface area contributed by atoms with Crippen molar-refractivity contribution in [2.45, 2.75) is 33.2 Å². The number of aromatic nitrogens is 4. The summed E-state index contributed by atoms with van der Waals surface area (Å²) >= 11 is 0. The zero-order chi connectivity index (χ0) is 12.3. The van der Waals surface area contributed by atoms with Gasteiger partial charge in [0.1, 0.15) is 0 Å². The summed E-state index contributed by atoms with van der Waals surface area (Å²) in [5.74, 6) is 1.78. The Labute approximate surface area is 99.5 Å². The topological polar surface area (TPSA) is 76.7 Å². The maximum absolute atomic E-state index is 4.97. The molecule has 0 saturated heterocycles. The normalized spacial score (nSPS) is 12.4. The Bertz CT molecular complexity index is 496. The van der Waals surface area contributed by atoms with E-state index < -0.39 is 0 Å². The van der Waals surface area contributed by atoms with Gasteiger partial charge in [-0.2, -0.15) is 4.98 Å². The molecule has 0 bridgehead atoms. The van der Waals surface area contributed by atoms with Crippen LogP contribution in [0.25, 0.3) is 0 Å². The molecule has 0 aliphatic rings. The maximum Gasteiger partial charge on any atom is 0.223 e. The van der Waals surface area contributed by atoms with Gasteiger partial charge in [-0.05, 0) is 19.4 Å². The highest BCUT2D eigenvalue weighted by Gasteiger charge is 2.16. The molecule has 6 nitrogen and oxygen atoms in total. The Kier molecular flexibility index (Phi) is 3.32. The third kappa shape index (κ3) is 2.77. The first-order valence-corrected chi connectivity index (χ1v) is 5.55. The maximum atomic E-state index is 4.97. The van der Waals surface area contributed by atoms with Crippen molar-refractivity contribution < 1.29 is 4.52 Å². The predicted molar refractivity (Wildman–Crippen MR) is 62.5 cm³/mol. The Morgan fingerprint density at radius 2 is 2.18 bits per heavy atom. The molecule has 0 aliphatic carbocycles. The van der Waals surface area contributed by atoms with Crippen molar-refractivity contribution in [1.29, 1.82) is 0 Å². The van der Waals surface area contributed by atoms with Gasteiger partial charge >= 0.3 is 0 Å². The number of nitrogens with one attached hydrogen (secondary N) is 1. The summed E-state index contributed by atoms with van der Waals surface area (Å²) in [7, 11) is 0. The van der Waals surface area contributed by atoms with E-state index >= 15 is 0 Å². The van der Waals surface area contributed by atoms with E-state index in [1.807, 2.05) is 19.9 Å². The van der Waals surface area contributed by atoms with Crippen LogP contribution in [0.5, 0.6) is 0 Å². The second-order valence-corrected chi connectivity index (χ2v) is 3.80. The molecule has 1 N–H and O–H groups in total. The van der Waals surface area contributed by atoms with Crippen molar-refractivity contribution >= 4 is 5.95 Å². The van der Waals surface area contributed by atoms with Gasteiger partial charge in [-0.3, -0.25) is 0 Å². The number of rotatable bonds is 4. The molecule has 2 rings (SSSR count). The molecule has 0 radical (unpaired) electrons. The molecule has 1 atom stereocenters. The van der Waals surface area contributed by atoms with Crippen molar-refractivity contribution in [3.8, 4) is 0 Å². The highest BCUT2D eigenvalue weighted by Crippen LogP contribution is 2.17. The number of hydrogen-bond donors (Lipinski definition) is 1. The van der Waals surface area contributed by atoms with Gasteiger partial charge in [-0.25, -0.2) is 9.97 Å². The Morgan fingerprint density at radius 3 is 2.76 bits per heavy atom. The van der Waals surface area contributed by atoms with Gasteiger partial charge in [0.2, 0.25) is 11.8 Å². The molecule has 6 heteroatoms. The number of nitrogens with zero attached hydrogens (tertiary/aromatic N) is 4. The average molecular weight is 233 g/mol. The lowest BCUT2D eigenvalue weighted by molar-refractivity contribution is 0.384. The molecule has 0 spiro atoms. The fourth-order valence-corrected chi connectivity index (χ4v) is 1.48. The van der Waals surface area contributed by atoms with Crippen LogP contribution in [0, 0.1) is 13.8 Å². The fourth-order valence-electron chi connectivity index (χ4n) is 1.48. The van der Waals surface area contributed by atoms with E-state index in [1.54, 1.807) is 13.1 Å². The van der Waals surface area contributed by atoms with E-state index in [0.717, 1.165) is 12.1 Å². The number of hydrogen-bond acceptors (Lipinski definition) is 6. The van der Waals surface area contributed by atoms with Crippen LogP contribution in [0.15, 0.2) is 16.8 Å². The van der Waals surface area contributed by atoms with Gasteiger partial charge in [0.05, 0.1) is 6.04 Å². The fraction of sp³-hybridized carbons (Fsp3) is 0.455. The van der Waals surface area contributed by atoms with E-state index in [2.05, 4.69) is 25.4 Å². The monoisotopic (exact) mass is 233 g/mol. The second-order valence-electron chi connectivity index (χ2n) is 3.80. The van der Waals surface area contributed by atoms with Crippen LogP contribution in [-0.4, -0.2) is 20.1 Å². The van der Waals surface area contributed by atoms with Crippen LogP contribution >= 0.6 is 0 Å². The average Bonchev–Trinajstić information content (AvgIpc) is 2.73. The molecule has 0 saturated carbocycles. The van der Waals surface area contributed by atoms with E-state index in [0.29, 0.717) is 17.7 Å². The van der Waals surface area contributed by atoms with Crippen LogP contribution in [0.3, 0.4) is 0 Å². The zero-order valence-corrected chi connectivity index (χ0v) is 10.1. The molecule has 90 valence electrons. The summed E-state index contributed by atoms with van der Waals surface area (Å²) in [6, 6.07) is 1.82. The van der Waals surface area contributed by atoms with Crippen LogP contribution in [0.4, 0.5) is 5.95 Å². The van der Waals surface area contributed by atoms with Crippen molar-refractivity contribution in [2.24, 2.45) is 0 Å². The molecule has 2 heterocycles. The van der Waals surface area contributed by atoms with Gasteiger partial charge in [-0.1, -0.05) is 12.1 Å². The van der Waals surface area contributed by atoms with Crippen molar-refractivity contribution in [1.82, 2.24) is 20.1 Å². The van der Waals surface area contributed by atoms with Crippen molar-refractivity contribution in [2.75, 3.05) is 5.32 Å². The lowest BCUT2D eigenvalue weighted by Crippen LogP contribution is -2.13. The molecular formula is C11H15N5O. The molecule has 0 aromatic carbocycles. The molecule has 17 heavy (non-hydrogen) atoms. The zero-order valence-electron chi connectivity index (χ0n) is 10.1. The summed E-state index contributed by atoms with van der Waals surface area (Å²) in [6.07, 6.45) is 2.55. The van der Waals surface area contributed by atoms with Gasteiger partial charge in [0, 0.05) is 18.8 Å². The minimum absolute atomic E-state index is 0.0331. The summed E-state index contributed by atoms with van der Waals surface area (Å²) in [6.45, 7) is 5.73. The quantitative estimate of drug-likeness (QED) is 0.870. The lowest BCUT2D eigenvalue weighted by Gasteiger charge is -2.12. The van der Waals surface area contributed by atoms with E-state index in [1.165, 1.54) is 0 Å². The number of anilines is 1. The van der Waals surface area contributed by atoms with Gasteiger partial charge in [-0.15, -0.1) is 0 Å². The molecule has 0 fully saturated rings.